The van der Waals surface area contributed by atoms with Gasteiger partial charge in [0.05, 0.1) is 10.7 Å². The van der Waals surface area contributed by atoms with Gasteiger partial charge in [-0.15, -0.1) is 0 Å². The van der Waals surface area contributed by atoms with Crippen LogP contribution in [0.5, 0.6) is 0 Å². The third-order valence-electron chi connectivity index (χ3n) is 2.71. The maximum absolute atomic E-state index is 6.09. The van der Waals surface area contributed by atoms with E-state index in [1.54, 1.807) is 0 Å². The summed E-state index contributed by atoms with van der Waals surface area (Å²) < 4.78 is 1.96. The van der Waals surface area contributed by atoms with Gasteiger partial charge in [0.15, 0.2) is 5.65 Å². The molecule has 2 aromatic heterocycles. The number of hydrogen-bond acceptors (Lipinski definition) is 1. The van der Waals surface area contributed by atoms with Crippen LogP contribution in [0, 0.1) is 0 Å². The molecule has 0 N–H and O–H groups in total. The van der Waals surface area contributed by atoms with Crippen molar-refractivity contribution >= 4 is 17.2 Å². The van der Waals surface area contributed by atoms with Gasteiger partial charge in [-0.3, -0.25) is 0 Å². The molecule has 0 atom stereocenters. The molecule has 17 heavy (non-hydrogen) atoms. The van der Waals surface area contributed by atoms with E-state index in [0.717, 1.165) is 17.8 Å². The summed E-state index contributed by atoms with van der Waals surface area (Å²) in [5.41, 5.74) is 3.11. The number of halogens is 1. The molecule has 0 saturated heterocycles. The predicted octanol–water partition coefficient (Wildman–Crippen LogP) is 3.58. The van der Waals surface area contributed by atoms with Crippen molar-refractivity contribution in [2.24, 2.45) is 0 Å². The first-order chi connectivity index (χ1) is 8.33. The van der Waals surface area contributed by atoms with Crippen molar-refractivity contribution in [3.63, 3.8) is 0 Å². The maximum Gasteiger partial charge on any atom is 0.155 e. The minimum absolute atomic E-state index is 0.687. The molecule has 0 aliphatic carbocycles. The average Bonchev–Trinajstić information content (AvgIpc) is 2.74. The molecule has 0 radical (unpaired) electrons. The molecule has 0 saturated carbocycles. The van der Waals surface area contributed by atoms with Crippen molar-refractivity contribution in [3.8, 4) is 0 Å². The van der Waals surface area contributed by atoms with Gasteiger partial charge in [0.2, 0.25) is 0 Å². The Labute approximate surface area is 104 Å². The van der Waals surface area contributed by atoms with Crippen LogP contribution in [0.4, 0.5) is 0 Å². The molecule has 2 nitrogen and oxygen atoms in total. The van der Waals surface area contributed by atoms with Crippen molar-refractivity contribution in [3.05, 3.63) is 71.1 Å². The Morgan fingerprint density at radius 3 is 2.65 bits per heavy atom. The lowest BCUT2D eigenvalue weighted by Crippen LogP contribution is -1.86. The minimum Gasteiger partial charge on any atom is -0.306 e. The molecule has 3 heteroatoms. The van der Waals surface area contributed by atoms with E-state index in [0.29, 0.717) is 5.02 Å². The fourth-order valence-electron chi connectivity index (χ4n) is 1.92. The number of fused-ring (bicyclic) bond motifs is 1. The third kappa shape index (κ3) is 2.04. The second-order valence-corrected chi connectivity index (χ2v) is 4.39. The van der Waals surface area contributed by atoms with Crippen LogP contribution in [-0.4, -0.2) is 9.38 Å². The Balaban J connectivity index is 1.99. The molecule has 0 aliphatic rings. The van der Waals surface area contributed by atoms with E-state index < -0.39 is 0 Å². The second-order valence-electron chi connectivity index (χ2n) is 3.98. The van der Waals surface area contributed by atoms with Crippen molar-refractivity contribution in [1.82, 2.24) is 9.38 Å². The van der Waals surface area contributed by atoms with E-state index in [-0.39, 0.29) is 0 Å². The summed E-state index contributed by atoms with van der Waals surface area (Å²) in [7, 11) is 0. The summed E-state index contributed by atoms with van der Waals surface area (Å²) in [5, 5.41) is 0.687. The van der Waals surface area contributed by atoms with E-state index in [4.69, 9.17) is 11.6 Å². The van der Waals surface area contributed by atoms with Gasteiger partial charge in [-0.2, -0.15) is 0 Å². The van der Waals surface area contributed by atoms with Gasteiger partial charge in [0.1, 0.15) is 0 Å². The second kappa shape index (κ2) is 4.22. The highest BCUT2D eigenvalue weighted by molar-refractivity contribution is 6.33. The standard InChI is InChI=1S/C14H11ClN2/c15-13-7-4-8-17-10-12(16-14(13)17)9-11-5-2-1-3-6-11/h1-8,10H,9H2. The van der Waals surface area contributed by atoms with Crippen LogP contribution in [0.3, 0.4) is 0 Å². The summed E-state index contributed by atoms with van der Waals surface area (Å²) in [5.74, 6) is 0. The first-order valence-electron chi connectivity index (χ1n) is 5.49. The van der Waals surface area contributed by atoms with Crippen molar-refractivity contribution in [1.29, 1.82) is 0 Å². The number of rotatable bonds is 2. The average molecular weight is 243 g/mol. The third-order valence-corrected chi connectivity index (χ3v) is 3.01. The first kappa shape index (κ1) is 10.4. The number of nitrogens with zero attached hydrogens (tertiary/aromatic N) is 2. The Kier molecular flexibility index (Phi) is 2.57. The number of hydrogen-bond donors (Lipinski definition) is 0. The highest BCUT2D eigenvalue weighted by atomic mass is 35.5. The summed E-state index contributed by atoms with van der Waals surface area (Å²) in [6.45, 7) is 0. The van der Waals surface area contributed by atoms with Gasteiger partial charge in [-0.05, 0) is 17.7 Å². The summed E-state index contributed by atoms with van der Waals surface area (Å²) in [6.07, 6.45) is 4.82. The predicted molar refractivity (Wildman–Crippen MR) is 69.5 cm³/mol. The molecule has 3 rings (SSSR count). The Hall–Kier alpha value is -1.80. The topological polar surface area (TPSA) is 17.3 Å². The zero-order valence-corrected chi connectivity index (χ0v) is 9.93. The van der Waals surface area contributed by atoms with Gasteiger partial charge in [-0.1, -0.05) is 41.9 Å². The lowest BCUT2D eigenvalue weighted by Gasteiger charge is -1.95. The van der Waals surface area contributed by atoms with Crippen LogP contribution < -0.4 is 0 Å². The molecule has 0 amide bonds. The smallest absolute Gasteiger partial charge is 0.155 e. The lowest BCUT2D eigenvalue weighted by molar-refractivity contribution is 1.11. The Morgan fingerprint density at radius 1 is 1.06 bits per heavy atom. The largest absolute Gasteiger partial charge is 0.306 e. The summed E-state index contributed by atoms with van der Waals surface area (Å²) >= 11 is 6.09. The summed E-state index contributed by atoms with van der Waals surface area (Å²) in [4.78, 5) is 4.54. The monoisotopic (exact) mass is 242 g/mol. The molecule has 0 fully saturated rings. The van der Waals surface area contributed by atoms with Crippen molar-refractivity contribution in [2.75, 3.05) is 0 Å². The van der Waals surface area contributed by atoms with Crippen LogP contribution in [0.1, 0.15) is 11.3 Å². The van der Waals surface area contributed by atoms with E-state index in [2.05, 4.69) is 17.1 Å². The Morgan fingerprint density at radius 2 is 1.88 bits per heavy atom. The quantitative estimate of drug-likeness (QED) is 0.672. The van der Waals surface area contributed by atoms with Gasteiger partial charge in [0.25, 0.3) is 0 Å². The van der Waals surface area contributed by atoms with E-state index in [1.807, 2.05) is 47.1 Å². The van der Waals surface area contributed by atoms with E-state index >= 15 is 0 Å². The number of aromatic nitrogens is 2. The number of imidazole rings is 1. The normalized spacial score (nSPS) is 10.9. The first-order valence-corrected chi connectivity index (χ1v) is 5.87. The SMILES string of the molecule is Clc1cccn2cc(Cc3ccccc3)nc12. The van der Waals surface area contributed by atoms with E-state index in [1.165, 1.54) is 5.56 Å². The van der Waals surface area contributed by atoms with Crippen LogP contribution in [0.2, 0.25) is 5.02 Å². The highest BCUT2D eigenvalue weighted by Crippen LogP contribution is 2.17. The highest BCUT2D eigenvalue weighted by Gasteiger charge is 2.05. The van der Waals surface area contributed by atoms with Gasteiger partial charge in [-0.25, -0.2) is 4.98 Å². The van der Waals surface area contributed by atoms with Crippen molar-refractivity contribution in [2.45, 2.75) is 6.42 Å². The molecule has 2 heterocycles. The Bertz CT molecular complexity index is 644. The summed E-state index contributed by atoms with van der Waals surface area (Å²) in [6, 6.07) is 14.1. The van der Waals surface area contributed by atoms with Gasteiger partial charge >= 0.3 is 0 Å². The molecule has 0 unspecified atom stereocenters. The zero-order valence-electron chi connectivity index (χ0n) is 9.18. The molecular formula is C14H11ClN2. The van der Waals surface area contributed by atoms with Gasteiger partial charge < -0.3 is 4.40 Å². The molecule has 3 aromatic rings. The zero-order chi connectivity index (χ0) is 11.7. The molecular weight excluding hydrogens is 232 g/mol. The fraction of sp³-hybridized carbons (Fsp3) is 0.0714. The van der Waals surface area contributed by atoms with Crippen LogP contribution in [-0.2, 0) is 6.42 Å². The van der Waals surface area contributed by atoms with Crippen LogP contribution >= 0.6 is 11.6 Å². The van der Waals surface area contributed by atoms with Crippen molar-refractivity contribution < 1.29 is 0 Å². The number of pyridine rings is 1. The fourth-order valence-corrected chi connectivity index (χ4v) is 2.13. The maximum atomic E-state index is 6.09. The number of benzene rings is 1. The lowest BCUT2D eigenvalue weighted by atomic mass is 10.1. The van der Waals surface area contributed by atoms with Gasteiger partial charge in [0, 0.05) is 18.8 Å². The van der Waals surface area contributed by atoms with Crippen LogP contribution in [0.25, 0.3) is 5.65 Å². The molecule has 0 bridgehead atoms. The minimum atomic E-state index is 0.687. The molecule has 84 valence electrons. The molecule has 0 aliphatic heterocycles. The van der Waals surface area contributed by atoms with E-state index in [9.17, 15) is 0 Å². The molecule has 1 aromatic carbocycles. The molecule has 0 spiro atoms. The van der Waals surface area contributed by atoms with Crippen LogP contribution in [0.15, 0.2) is 54.9 Å².